The molecule has 74 valence electrons. The third kappa shape index (κ3) is 2.29. The monoisotopic (exact) mass is 196 g/mol. The Morgan fingerprint density at radius 1 is 1.29 bits per heavy atom. The van der Waals surface area contributed by atoms with E-state index in [1.54, 1.807) is 0 Å². The number of nitrogens with two attached hydrogens (primary N) is 2. The molecule has 1 rings (SSSR count). The molecule has 0 aliphatic carbocycles. The molecule has 1 aromatic carbocycles. The molecule has 4 N–H and O–H groups in total. The summed E-state index contributed by atoms with van der Waals surface area (Å²) in [7, 11) is 0. The SMILES string of the molecule is NC(=O)Cc1ccc(C(N)=O)c(F)c1. The van der Waals surface area contributed by atoms with Crippen molar-refractivity contribution >= 4 is 11.8 Å². The van der Waals surface area contributed by atoms with Crippen LogP contribution in [0.4, 0.5) is 4.39 Å². The minimum absolute atomic E-state index is 0.0596. The number of hydrogen-bond donors (Lipinski definition) is 2. The van der Waals surface area contributed by atoms with Crippen LogP contribution in [0.5, 0.6) is 0 Å². The van der Waals surface area contributed by atoms with E-state index in [0.29, 0.717) is 5.56 Å². The number of benzene rings is 1. The Balaban J connectivity index is 3.00. The Morgan fingerprint density at radius 2 is 1.93 bits per heavy atom. The molecule has 0 aromatic heterocycles. The van der Waals surface area contributed by atoms with Gasteiger partial charge in [-0.2, -0.15) is 0 Å². The van der Waals surface area contributed by atoms with Crippen molar-refractivity contribution in [2.24, 2.45) is 11.5 Å². The summed E-state index contributed by atoms with van der Waals surface area (Å²) >= 11 is 0. The van der Waals surface area contributed by atoms with Crippen LogP contribution < -0.4 is 11.5 Å². The predicted molar refractivity (Wildman–Crippen MR) is 47.8 cm³/mol. The second kappa shape index (κ2) is 3.87. The van der Waals surface area contributed by atoms with E-state index in [1.807, 2.05) is 0 Å². The molecular weight excluding hydrogens is 187 g/mol. The Bertz CT molecular complexity index is 390. The largest absolute Gasteiger partial charge is 0.369 e. The number of halogens is 1. The maximum absolute atomic E-state index is 13.1. The van der Waals surface area contributed by atoms with E-state index >= 15 is 0 Å². The number of carbonyl (C=O) groups is 2. The molecule has 0 aliphatic heterocycles. The van der Waals surface area contributed by atoms with Gasteiger partial charge in [0.25, 0.3) is 5.91 Å². The maximum atomic E-state index is 13.1. The number of primary amides is 2. The van der Waals surface area contributed by atoms with Gasteiger partial charge < -0.3 is 11.5 Å². The Morgan fingerprint density at radius 3 is 2.36 bits per heavy atom. The normalized spacial score (nSPS) is 9.79. The average Bonchev–Trinajstić information content (AvgIpc) is 2.01. The maximum Gasteiger partial charge on any atom is 0.251 e. The van der Waals surface area contributed by atoms with Gasteiger partial charge in [-0.15, -0.1) is 0 Å². The van der Waals surface area contributed by atoms with Gasteiger partial charge in [0, 0.05) is 0 Å². The Labute approximate surface area is 79.7 Å². The van der Waals surface area contributed by atoms with Crippen molar-refractivity contribution < 1.29 is 14.0 Å². The molecule has 0 heterocycles. The highest BCUT2D eigenvalue weighted by atomic mass is 19.1. The number of carbonyl (C=O) groups excluding carboxylic acids is 2. The molecule has 2 amide bonds. The summed E-state index contributed by atoms with van der Waals surface area (Å²) in [5.74, 6) is -2.14. The zero-order chi connectivity index (χ0) is 10.7. The molecule has 0 atom stereocenters. The summed E-state index contributed by atoms with van der Waals surface area (Å²) in [6.45, 7) is 0. The topological polar surface area (TPSA) is 86.2 Å². The Hall–Kier alpha value is -1.91. The van der Waals surface area contributed by atoms with Gasteiger partial charge in [-0.25, -0.2) is 4.39 Å². The quantitative estimate of drug-likeness (QED) is 0.710. The third-order valence-electron chi connectivity index (χ3n) is 1.68. The molecule has 0 saturated carbocycles. The standard InChI is InChI=1S/C9H9FN2O2/c10-7-3-5(4-8(11)13)1-2-6(7)9(12)14/h1-3H,4H2,(H2,11,13)(H2,12,14). The molecule has 4 nitrogen and oxygen atoms in total. The summed E-state index contributed by atoms with van der Waals surface area (Å²) in [5.41, 5.74) is 10.0. The molecule has 0 aliphatic rings. The van der Waals surface area contributed by atoms with Crippen LogP contribution in [0, 0.1) is 5.82 Å². The number of hydrogen-bond acceptors (Lipinski definition) is 2. The van der Waals surface area contributed by atoms with Gasteiger partial charge in [0.1, 0.15) is 5.82 Å². The van der Waals surface area contributed by atoms with Crippen LogP contribution in [0.15, 0.2) is 18.2 Å². The summed E-state index contributed by atoms with van der Waals surface area (Å²) < 4.78 is 13.1. The molecular formula is C9H9FN2O2. The predicted octanol–water partition coefficient (Wildman–Crippen LogP) is -0.0476. The molecule has 0 radical (unpaired) electrons. The molecule has 0 spiro atoms. The minimum atomic E-state index is -0.840. The van der Waals surface area contributed by atoms with Crippen molar-refractivity contribution in [3.63, 3.8) is 0 Å². The highest BCUT2D eigenvalue weighted by Crippen LogP contribution is 2.10. The molecule has 0 bridgehead atoms. The van der Waals surface area contributed by atoms with E-state index in [1.165, 1.54) is 12.1 Å². The highest BCUT2D eigenvalue weighted by Gasteiger charge is 2.09. The van der Waals surface area contributed by atoms with E-state index in [2.05, 4.69) is 0 Å². The zero-order valence-electron chi connectivity index (χ0n) is 7.29. The van der Waals surface area contributed by atoms with Crippen LogP contribution in [-0.4, -0.2) is 11.8 Å². The fourth-order valence-electron chi connectivity index (χ4n) is 1.07. The van der Waals surface area contributed by atoms with Gasteiger partial charge in [0.05, 0.1) is 12.0 Å². The van der Waals surface area contributed by atoms with Crippen LogP contribution in [0.25, 0.3) is 0 Å². The first-order chi connectivity index (χ1) is 6.50. The first kappa shape index (κ1) is 10.2. The van der Waals surface area contributed by atoms with Gasteiger partial charge in [-0.3, -0.25) is 9.59 Å². The van der Waals surface area contributed by atoms with Crippen LogP contribution in [0.1, 0.15) is 15.9 Å². The lowest BCUT2D eigenvalue weighted by Gasteiger charge is -2.01. The van der Waals surface area contributed by atoms with Crippen LogP contribution in [0.3, 0.4) is 0 Å². The first-order valence-corrected chi connectivity index (χ1v) is 3.87. The van der Waals surface area contributed by atoms with Gasteiger partial charge in [0.15, 0.2) is 0 Å². The Kier molecular flexibility index (Phi) is 2.81. The second-order valence-electron chi connectivity index (χ2n) is 2.82. The van der Waals surface area contributed by atoms with Crippen molar-refractivity contribution in [2.75, 3.05) is 0 Å². The third-order valence-corrected chi connectivity index (χ3v) is 1.68. The van der Waals surface area contributed by atoms with Crippen molar-refractivity contribution in [3.8, 4) is 0 Å². The van der Waals surface area contributed by atoms with Crippen molar-refractivity contribution in [1.29, 1.82) is 0 Å². The lowest BCUT2D eigenvalue weighted by molar-refractivity contribution is -0.117. The van der Waals surface area contributed by atoms with Gasteiger partial charge in [-0.05, 0) is 17.7 Å². The lowest BCUT2D eigenvalue weighted by Crippen LogP contribution is -2.16. The summed E-state index contributed by atoms with van der Waals surface area (Å²) in [6.07, 6.45) is -0.0596. The smallest absolute Gasteiger partial charge is 0.251 e. The van der Waals surface area contributed by atoms with Gasteiger partial charge in [0.2, 0.25) is 5.91 Å². The van der Waals surface area contributed by atoms with Crippen LogP contribution in [-0.2, 0) is 11.2 Å². The van der Waals surface area contributed by atoms with Crippen molar-refractivity contribution in [1.82, 2.24) is 0 Å². The fraction of sp³-hybridized carbons (Fsp3) is 0.111. The molecule has 0 saturated heterocycles. The van der Waals surface area contributed by atoms with Gasteiger partial charge >= 0.3 is 0 Å². The van der Waals surface area contributed by atoms with Crippen LogP contribution >= 0.6 is 0 Å². The van der Waals surface area contributed by atoms with E-state index in [9.17, 15) is 14.0 Å². The fourth-order valence-corrected chi connectivity index (χ4v) is 1.07. The summed E-state index contributed by atoms with van der Waals surface area (Å²) in [5, 5.41) is 0. The molecule has 0 unspecified atom stereocenters. The highest BCUT2D eigenvalue weighted by molar-refractivity contribution is 5.93. The summed E-state index contributed by atoms with van der Waals surface area (Å²) in [6, 6.07) is 3.74. The van der Waals surface area contributed by atoms with E-state index in [4.69, 9.17) is 11.5 Å². The van der Waals surface area contributed by atoms with Crippen molar-refractivity contribution in [3.05, 3.63) is 35.1 Å². The van der Waals surface area contributed by atoms with Crippen molar-refractivity contribution in [2.45, 2.75) is 6.42 Å². The second-order valence-corrected chi connectivity index (χ2v) is 2.82. The first-order valence-electron chi connectivity index (χ1n) is 3.87. The van der Waals surface area contributed by atoms with E-state index in [-0.39, 0.29) is 12.0 Å². The molecule has 14 heavy (non-hydrogen) atoms. The van der Waals surface area contributed by atoms with Crippen LogP contribution in [0.2, 0.25) is 0 Å². The zero-order valence-corrected chi connectivity index (χ0v) is 7.29. The van der Waals surface area contributed by atoms with E-state index in [0.717, 1.165) is 6.07 Å². The minimum Gasteiger partial charge on any atom is -0.369 e. The number of rotatable bonds is 3. The summed E-state index contributed by atoms with van der Waals surface area (Å²) in [4.78, 5) is 21.2. The lowest BCUT2D eigenvalue weighted by atomic mass is 10.1. The van der Waals surface area contributed by atoms with E-state index < -0.39 is 17.6 Å². The molecule has 0 fully saturated rings. The number of amides is 2. The molecule has 1 aromatic rings. The average molecular weight is 196 g/mol. The van der Waals surface area contributed by atoms with Gasteiger partial charge in [-0.1, -0.05) is 6.07 Å². The molecule has 5 heteroatoms.